The van der Waals surface area contributed by atoms with Crippen LogP contribution in [0.4, 0.5) is 9.18 Å². The summed E-state index contributed by atoms with van der Waals surface area (Å²) in [4.78, 5) is 37.0. The number of urea groups is 1. The summed E-state index contributed by atoms with van der Waals surface area (Å²) in [6.45, 7) is -0.235. The van der Waals surface area contributed by atoms with Gasteiger partial charge in [-0.2, -0.15) is 0 Å². The van der Waals surface area contributed by atoms with E-state index in [1.54, 1.807) is 24.3 Å². The Morgan fingerprint density at radius 1 is 1.06 bits per heavy atom. The monoisotopic (exact) mass is 456 g/mol. The Kier molecular flexibility index (Phi) is 6.76. The number of para-hydroxylation sites is 2. The molecule has 33 heavy (non-hydrogen) atoms. The number of halogens is 1. The normalized spacial score (nSPS) is 18.3. The smallest absolute Gasteiger partial charge is 0.321 e. The molecule has 9 heteroatoms. The van der Waals surface area contributed by atoms with E-state index in [0.717, 1.165) is 12.8 Å². The summed E-state index contributed by atoms with van der Waals surface area (Å²) in [6.07, 6.45) is 2.23. The van der Waals surface area contributed by atoms with Gasteiger partial charge in [0.15, 0.2) is 24.2 Å². The maximum absolute atomic E-state index is 13.7. The molecule has 0 spiro atoms. The van der Waals surface area contributed by atoms with Gasteiger partial charge in [-0.3, -0.25) is 14.9 Å². The first kappa shape index (κ1) is 22.6. The van der Waals surface area contributed by atoms with E-state index in [1.165, 1.54) is 12.1 Å². The number of nitrogens with one attached hydrogen (secondary N) is 2. The number of benzene rings is 2. The molecule has 1 atom stereocenters. The van der Waals surface area contributed by atoms with Crippen molar-refractivity contribution in [2.45, 2.75) is 37.2 Å². The van der Waals surface area contributed by atoms with Gasteiger partial charge >= 0.3 is 12.0 Å². The van der Waals surface area contributed by atoms with Crippen LogP contribution < -0.4 is 20.1 Å². The van der Waals surface area contributed by atoms with Gasteiger partial charge in [0.05, 0.1) is 12.0 Å². The maximum Gasteiger partial charge on any atom is 0.321 e. The molecule has 0 radical (unpaired) electrons. The first-order chi connectivity index (χ1) is 16.0. The van der Waals surface area contributed by atoms with Crippen molar-refractivity contribution in [3.63, 3.8) is 0 Å². The number of fused-ring (bicyclic) bond motifs is 1. The molecule has 3 amide bonds. The fourth-order valence-corrected chi connectivity index (χ4v) is 4.22. The third kappa shape index (κ3) is 5.24. The summed E-state index contributed by atoms with van der Waals surface area (Å²) in [5.41, 5.74) is -0.432. The van der Waals surface area contributed by atoms with Gasteiger partial charge in [0.2, 0.25) is 0 Å². The lowest BCUT2D eigenvalue weighted by atomic mass is 9.79. The highest BCUT2D eigenvalue weighted by molar-refractivity contribution is 5.96. The zero-order valence-corrected chi connectivity index (χ0v) is 18.0. The van der Waals surface area contributed by atoms with Crippen LogP contribution in [-0.4, -0.2) is 43.8 Å². The highest BCUT2D eigenvalue weighted by atomic mass is 19.1. The molecule has 2 aliphatic rings. The molecule has 1 saturated carbocycles. The third-order valence-corrected chi connectivity index (χ3v) is 5.87. The molecule has 0 aromatic heterocycles. The molecule has 4 rings (SSSR count). The summed E-state index contributed by atoms with van der Waals surface area (Å²) in [6, 6.07) is 12.3. The van der Waals surface area contributed by atoms with Gasteiger partial charge in [0, 0.05) is 0 Å². The van der Waals surface area contributed by atoms with Crippen molar-refractivity contribution in [3.05, 3.63) is 59.9 Å². The molecule has 2 aromatic rings. The van der Waals surface area contributed by atoms with Crippen LogP contribution in [0.5, 0.6) is 11.5 Å². The van der Waals surface area contributed by atoms with Crippen molar-refractivity contribution in [3.8, 4) is 11.5 Å². The molecule has 1 heterocycles. The molecular formula is C24H25FN2O6. The molecule has 1 aliphatic heterocycles. The second kappa shape index (κ2) is 9.89. The Bertz CT molecular complexity index is 1040. The van der Waals surface area contributed by atoms with Gasteiger partial charge < -0.3 is 19.5 Å². The number of carbonyl (C=O) groups excluding carboxylic acids is 3. The molecule has 174 valence electrons. The van der Waals surface area contributed by atoms with Gasteiger partial charge in [0.25, 0.3) is 5.91 Å². The molecule has 2 aromatic carbocycles. The average molecular weight is 456 g/mol. The first-order valence-electron chi connectivity index (χ1n) is 10.9. The van der Waals surface area contributed by atoms with Crippen molar-refractivity contribution in [2.24, 2.45) is 0 Å². The Morgan fingerprint density at radius 2 is 1.82 bits per heavy atom. The van der Waals surface area contributed by atoms with Crippen molar-refractivity contribution < 1.29 is 33.0 Å². The van der Waals surface area contributed by atoms with E-state index in [1.807, 2.05) is 12.1 Å². The second-order valence-corrected chi connectivity index (χ2v) is 8.13. The van der Waals surface area contributed by atoms with Crippen LogP contribution in [0.15, 0.2) is 48.5 Å². The van der Waals surface area contributed by atoms with Gasteiger partial charge in [0.1, 0.15) is 12.4 Å². The quantitative estimate of drug-likeness (QED) is 0.648. The van der Waals surface area contributed by atoms with Crippen LogP contribution >= 0.6 is 0 Å². The van der Waals surface area contributed by atoms with E-state index in [-0.39, 0.29) is 13.2 Å². The van der Waals surface area contributed by atoms with Gasteiger partial charge in [-0.1, -0.05) is 37.1 Å². The number of esters is 1. The number of carbonyl (C=O) groups is 3. The minimum Gasteiger partial charge on any atom is -0.486 e. The fourth-order valence-electron chi connectivity index (χ4n) is 4.22. The van der Waals surface area contributed by atoms with Gasteiger partial charge in [-0.25, -0.2) is 9.18 Å². The van der Waals surface area contributed by atoms with Crippen LogP contribution in [0.2, 0.25) is 0 Å². The van der Waals surface area contributed by atoms with Crippen LogP contribution in [0, 0.1) is 5.82 Å². The number of amides is 3. The summed E-state index contributed by atoms with van der Waals surface area (Å²) in [7, 11) is 0. The number of hydrogen-bond donors (Lipinski definition) is 2. The van der Waals surface area contributed by atoms with Gasteiger partial charge in [-0.05, 0) is 42.7 Å². The standard InChI is InChI=1S/C24H25FN2O6/c25-17-7-5-6-16(12-17)24(10-3-4-11-24)22(29)32-15-21(28)27-23(30)26-13-18-14-31-19-8-1-2-9-20(19)33-18/h1-2,5-9,12,18H,3-4,10-11,13-15H2,(H2,26,27,28,30). The van der Waals surface area contributed by atoms with E-state index in [0.29, 0.717) is 29.9 Å². The van der Waals surface area contributed by atoms with Crippen molar-refractivity contribution >= 4 is 17.9 Å². The van der Waals surface area contributed by atoms with E-state index in [9.17, 15) is 18.8 Å². The summed E-state index contributed by atoms with van der Waals surface area (Å²) < 4.78 is 30.2. The Labute approximate surface area is 190 Å². The van der Waals surface area contributed by atoms with Crippen LogP contribution in [0.1, 0.15) is 31.2 Å². The summed E-state index contributed by atoms with van der Waals surface area (Å²) >= 11 is 0. The second-order valence-electron chi connectivity index (χ2n) is 8.13. The number of rotatable bonds is 6. The van der Waals surface area contributed by atoms with E-state index in [4.69, 9.17) is 14.2 Å². The number of hydrogen-bond acceptors (Lipinski definition) is 6. The Hall–Kier alpha value is -3.62. The Morgan fingerprint density at radius 3 is 2.58 bits per heavy atom. The topological polar surface area (TPSA) is 103 Å². The molecule has 0 bridgehead atoms. The Balaban J connectivity index is 1.24. The average Bonchev–Trinajstić information content (AvgIpc) is 3.32. The van der Waals surface area contributed by atoms with Crippen molar-refractivity contribution in [1.82, 2.24) is 10.6 Å². The van der Waals surface area contributed by atoms with E-state index < -0.39 is 41.9 Å². The molecule has 8 nitrogen and oxygen atoms in total. The predicted octanol–water partition coefficient (Wildman–Crippen LogP) is 2.85. The number of ether oxygens (including phenoxy) is 3. The predicted molar refractivity (Wildman–Crippen MR) is 115 cm³/mol. The van der Waals surface area contributed by atoms with Gasteiger partial charge in [-0.15, -0.1) is 0 Å². The van der Waals surface area contributed by atoms with E-state index >= 15 is 0 Å². The van der Waals surface area contributed by atoms with Crippen molar-refractivity contribution in [1.29, 1.82) is 0 Å². The zero-order chi connectivity index (χ0) is 23.3. The molecule has 1 aliphatic carbocycles. The molecular weight excluding hydrogens is 431 g/mol. The fraction of sp³-hybridized carbons (Fsp3) is 0.375. The maximum atomic E-state index is 13.7. The molecule has 0 saturated heterocycles. The summed E-state index contributed by atoms with van der Waals surface area (Å²) in [5, 5.41) is 4.66. The third-order valence-electron chi connectivity index (χ3n) is 5.87. The van der Waals surface area contributed by atoms with Crippen LogP contribution in [-0.2, 0) is 19.7 Å². The number of imide groups is 1. The largest absolute Gasteiger partial charge is 0.486 e. The minimum absolute atomic E-state index is 0.121. The highest BCUT2D eigenvalue weighted by Gasteiger charge is 2.44. The lowest BCUT2D eigenvalue weighted by molar-refractivity contribution is -0.154. The van der Waals surface area contributed by atoms with E-state index in [2.05, 4.69) is 10.6 Å². The van der Waals surface area contributed by atoms with Crippen molar-refractivity contribution in [2.75, 3.05) is 19.8 Å². The first-order valence-corrected chi connectivity index (χ1v) is 10.9. The molecule has 1 unspecified atom stereocenters. The lowest BCUT2D eigenvalue weighted by Crippen LogP contribution is -2.47. The SMILES string of the molecule is O=C(COC(=O)C1(c2cccc(F)c2)CCCC1)NC(=O)NCC1COc2ccccc2O1. The highest BCUT2D eigenvalue weighted by Crippen LogP contribution is 2.42. The zero-order valence-electron chi connectivity index (χ0n) is 18.0. The molecule has 1 fully saturated rings. The van der Waals surface area contributed by atoms with Crippen LogP contribution in [0.3, 0.4) is 0 Å². The lowest BCUT2D eigenvalue weighted by Gasteiger charge is -2.27. The van der Waals surface area contributed by atoms with Crippen LogP contribution in [0.25, 0.3) is 0 Å². The molecule has 2 N–H and O–H groups in total. The minimum atomic E-state index is -0.973. The summed E-state index contributed by atoms with van der Waals surface area (Å²) in [5.74, 6) is -0.574.